The Bertz CT molecular complexity index is 403. The SMILES string of the molecule is CCCC(N)C#Cc1c(C)cc(C)cc1F. The van der Waals surface area contributed by atoms with Crippen LogP contribution in [0.4, 0.5) is 4.39 Å². The van der Waals surface area contributed by atoms with Crippen molar-refractivity contribution in [3.8, 4) is 11.8 Å². The lowest BCUT2D eigenvalue weighted by atomic mass is 10.0. The van der Waals surface area contributed by atoms with E-state index in [4.69, 9.17) is 5.73 Å². The average molecular weight is 219 g/mol. The highest BCUT2D eigenvalue weighted by Gasteiger charge is 2.04. The largest absolute Gasteiger partial charge is 0.318 e. The lowest BCUT2D eigenvalue weighted by Gasteiger charge is -2.03. The van der Waals surface area contributed by atoms with E-state index in [2.05, 4.69) is 18.8 Å². The summed E-state index contributed by atoms with van der Waals surface area (Å²) in [6, 6.07) is 3.27. The fraction of sp³-hybridized carbons (Fsp3) is 0.429. The molecule has 0 aromatic heterocycles. The van der Waals surface area contributed by atoms with Gasteiger partial charge in [0.2, 0.25) is 0 Å². The molecule has 2 N–H and O–H groups in total. The molecule has 0 aliphatic heterocycles. The van der Waals surface area contributed by atoms with E-state index >= 15 is 0 Å². The van der Waals surface area contributed by atoms with Gasteiger partial charge < -0.3 is 5.73 Å². The minimum atomic E-state index is -0.256. The molecule has 16 heavy (non-hydrogen) atoms. The van der Waals surface area contributed by atoms with Crippen LogP contribution in [0, 0.1) is 31.5 Å². The van der Waals surface area contributed by atoms with Crippen LogP contribution in [0.5, 0.6) is 0 Å². The Morgan fingerprint density at radius 2 is 2.06 bits per heavy atom. The van der Waals surface area contributed by atoms with E-state index in [-0.39, 0.29) is 11.9 Å². The number of aryl methyl sites for hydroxylation is 2. The first-order chi connectivity index (χ1) is 7.54. The van der Waals surface area contributed by atoms with Gasteiger partial charge in [0.25, 0.3) is 0 Å². The van der Waals surface area contributed by atoms with Crippen LogP contribution in [0.25, 0.3) is 0 Å². The Labute approximate surface area is 96.9 Å². The number of rotatable bonds is 2. The smallest absolute Gasteiger partial charge is 0.139 e. The van der Waals surface area contributed by atoms with Crippen LogP contribution in [0.15, 0.2) is 12.1 Å². The van der Waals surface area contributed by atoms with Crippen LogP contribution >= 0.6 is 0 Å². The lowest BCUT2D eigenvalue weighted by Crippen LogP contribution is -2.16. The van der Waals surface area contributed by atoms with Crippen LogP contribution in [0.3, 0.4) is 0 Å². The molecule has 1 atom stereocenters. The zero-order chi connectivity index (χ0) is 12.1. The third kappa shape index (κ3) is 3.36. The van der Waals surface area contributed by atoms with Crippen LogP contribution in [0.2, 0.25) is 0 Å². The number of hydrogen-bond acceptors (Lipinski definition) is 1. The second kappa shape index (κ2) is 5.67. The number of hydrogen-bond donors (Lipinski definition) is 1. The van der Waals surface area contributed by atoms with Crippen molar-refractivity contribution in [2.75, 3.05) is 0 Å². The molecule has 0 aliphatic rings. The van der Waals surface area contributed by atoms with E-state index in [0.29, 0.717) is 5.56 Å². The van der Waals surface area contributed by atoms with Crippen molar-refractivity contribution >= 4 is 0 Å². The third-order valence-corrected chi connectivity index (χ3v) is 2.41. The first-order valence-corrected chi connectivity index (χ1v) is 5.58. The van der Waals surface area contributed by atoms with Crippen molar-refractivity contribution in [3.05, 3.63) is 34.6 Å². The molecule has 0 saturated heterocycles. The summed E-state index contributed by atoms with van der Waals surface area (Å²) in [6.45, 7) is 5.79. The maximum atomic E-state index is 13.6. The zero-order valence-corrected chi connectivity index (χ0v) is 10.1. The molecule has 2 heteroatoms. The van der Waals surface area contributed by atoms with Crippen LogP contribution < -0.4 is 5.73 Å². The molecule has 0 heterocycles. The molecule has 1 nitrogen and oxygen atoms in total. The van der Waals surface area contributed by atoms with Gasteiger partial charge in [-0.25, -0.2) is 4.39 Å². The highest BCUT2D eigenvalue weighted by atomic mass is 19.1. The highest BCUT2D eigenvalue weighted by Crippen LogP contribution is 2.14. The molecule has 0 saturated carbocycles. The van der Waals surface area contributed by atoms with Gasteiger partial charge in [-0.15, -0.1) is 0 Å². The van der Waals surface area contributed by atoms with Crippen molar-refractivity contribution in [3.63, 3.8) is 0 Å². The molecule has 86 valence electrons. The van der Waals surface area contributed by atoms with Gasteiger partial charge >= 0.3 is 0 Å². The Balaban J connectivity index is 2.97. The molecule has 0 amide bonds. The van der Waals surface area contributed by atoms with Gasteiger partial charge in [0.1, 0.15) is 5.82 Å². The molecular weight excluding hydrogens is 201 g/mol. The van der Waals surface area contributed by atoms with Gasteiger partial charge in [0.15, 0.2) is 0 Å². The monoisotopic (exact) mass is 219 g/mol. The van der Waals surface area contributed by atoms with Gasteiger partial charge in [-0.3, -0.25) is 0 Å². The van der Waals surface area contributed by atoms with E-state index in [1.54, 1.807) is 0 Å². The van der Waals surface area contributed by atoms with E-state index in [1.807, 2.05) is 19.9 Å². The van der Waals surface area contributed by atoms with Crippen LogP contribution in [-0.2, 0) is 0 Å². The Kier molecular flexibility index (Phi) is 4.52. The maximum Gasteiger partial charge on any atom is 0.139 e. The molecule has 1 aromatic carbocycles. The van der Waals surface area contributed by atoms with E-state index in [1.165, 1.54) is 6.07 Å². The molecule has 0 aliphatic carbocycles. The summed E-state index contributed by atoms with van der Waals surface area (Å²) in [7, 11) is 0. The Morgan fingerprint density at radius 3 is 2.62 bits per heavy atom. The van der Waals surface area contributed by atoms with Gasteiger partial charge in [-0.1, -0.05) is 31.3 Å². The first kappa shape index (κ1) is 12.7. The van der Waals surface area contributed by atoms with E-state index in [9.17, 15) is 4.39 Å². The average Bonchev–Trinajstić information content (AvgIpc) is 2.16. The molecule has 0 radical (unpaired) electrons. The highest BCUT2D eigenvalue weighted by molar-refractivity contribution is 5.44. The standard InChI is InChI=1S/C14H18FN/c1-4-5-12(16)6-7-13-11(3)8-10(2)9-14(13)15/h8-9,12H,4-5,16H2,1-3H3. The minimum absolute atomic E-state index is 0.162. The second-order valence-corrected chi connectivity index (χ2v) is 4.10. The van der Waals surface area contributed by atoms with Crippen molar-refractivity contribution < 1.29 is 4.39 Å². The summed E-state index contributed by atoms with van der Waals surface area (Å²) in [5.74, 6) is 5.48. The van der Waals surface area contributed by atoms with Gasteiger partial charge in [0.05, 0.1) is 11.6 Å². The minimum Gasteiger partial charge on any atom is -0.318 e. The topological polar surface area (TPSA) is 26.0 Å². The molecule has 0 fully saturated rings. The predicted octanol–water partition coefficient (Wildman–Crippen LogP) is 2.92. The number of halogens is 1. The van der Waals surface area contributed by atoms with Crippen molar-refractivity contribution in [1.29, 1.82) is 0 Å². The maximum absolute atomic E-state index is 13.6. The van der Waals surface area contributed by atoms with Crippen LogP contribution in [0.1, 0.15) is 36.5 Å². The van der Waals surface area contributed by atoms with Crippen molar-refractivity contribution in [2.24, 2.45) is 5.73 Å². The molecule has 0 spiro atoms. The Morgan fingerprint density at radius 1 is 1.38 bits per heavy atom. The lowest BCUT2D eigenvalue weighted by molar-refractivity contribution is 0.621. The number of benzene rings is 1. The van der Waals surface area contributed by atoms with Crippen molar-refractivity contribution in [2.45, 2.75) is 39.7 Å². The molecule has 0 bridgehead atoms. The molecule has 1 aromatic rings. The Hall–Kier alpha value is -1.33. The van der Waals surface area contributed by atoms with Gasteiger partial charge in [-0.2, -0.15) is 0 Å². The zero-order valence-electron chi connectivity index (χ0n) is 10.1. The quantitative estimate of drug-likeness (QED) is 0.760. The third-order valence-electron chi connectivity index (χ3n) is 2.41. The van der Waals surface area contributed by atoms with E-state index < -0.39 is 0 Å². The normalized spacial score (nSPS) is 11.8. The number of nitrogens with two attached hydrogens (primary N) is 1. The fourth-order valence-corrected chi connectivity index (χ4v) is 1.62. The summed E-state index contributed by atoms with van der Waals surface area (Å²) >= 11 is 0. The van der Waals surface area contributed by atoms with Crippen molar-refractivity contribution in [1.82, 2.24) is 0 Å². The van der Waals surface area contributed by atoms with Crippen LogP contribution in [-0.4, -0.2) is 6.04 Å². The predicted molar refractivity (Wildman–Crippen MR) is 65.6 cm³/mol. The molecule has 1 rings (SSSR count). The molecule has 1 unspecified atom stereocenters. The van der Waals surface area contributed by atoms with Gasteiger partial charge in [-0.05, 0) is 37.5 Å². The second-order valence-electron chi connectivity index (χ2n) is 4.10. The summed E-state index contributed by atoms with van der Waals surface area (Å²) in [4.78, 5) is 0. The first-order valence-electron chi connectivity index (χ1n) is 5.58. The fourth-order valence-electron chi connectivity index (χ4n) is 1.62. The summed E-state index contributed by atoms with van der Waals surface area (Å²) < 4.78 is 13.6. The van der Waals surface area contributed by atoms with E-state index in [0.717, 1.165) is 24.0 Å². The summed E-state index contributed by atoms with van der Waals surface area (Å²) in [6.07, 6.45) is 1.84. The van der Waals surface area contributed by atoms with Gasteiger partial charge in [0, 0.05) is 0 Å². The summed E-state index contributed by atoms with van der Waals surface area (Å²) in [5, 5.41) is 0. The summed E-state index contributed by atoms with van der Waals surface area (Å²) in [5.41, 5.74) is 8.02. The molecular formula is C14H18FN.